The van der Waals surface area contributed by atoms with Crippen LogP contribution < -0.4 is 10.2 Å². The lowest BCUT2D eigenvalue weighted by atomic mass is 10.1. The molecule has 0 aliphatic carbocycles. The molecule has 2 amide bonds. The van der Waals surface area contributed by atoms with Gasteiger partial charge in [-0.15, -0.1) is 0 Å². The lowest BCUT2D eigenvalue weighted by Gasteiger charge is -2.29. The number of anilines is 2. The van der Waals surface area contributed by atoms with Crippen LogP contribution in [0.1, 0.15) is 23.2 Å². The smallest absolute Gasteiger partial charge is 0.256 e. The highest BCUT2D eigenvalue weighted by Gasteiger charge is 2.35. The van der Waals surface area contributed by atoms with Gasteiger partial charge in [-0.25, -0.2) is 4.39 Å². The standard InChI is InChI=1S/C22H22Cl2FN3O3/c23-14-3-5-17(24)16(12-14)22(30)28-7-1-2-20(28)21(29)26-15-4-6-19(18(25)13-15)27-8-10-31-11-9-27/h3-6,12-13,20H,1-2,7-11H2,(H,26,29). The number of benzene rings is 2. The van der Waals surface area contributed by atoms with Gasteiger partial charge in [0.05, 0.1) is 29.5 Å². The van der Waals surface area contributed by atoms with Crippen LogP contribution in [-0.2, 0) is 9.53 Å². The topological polar surface area (TPSA) is 61.9 Å². The van der Waals surface area contributed by atoms with Crippen molar-refractivity contribution in [3.8, 4) is 0 Å². The number of likely N-dealkylation sites (tertiary alicyclic amines) is 1. The summed E-state index contributed by atoms with van der Waals surface area (Å²) >= 11 is 12.2. The van der Waals surface area contributed by atoms with Crippen LogP contribution in [0.2, 0.25) is 10.0 Å². The summed E-state index contributed by atoms with van der Waals surface area (Å²) in [6.07, 6.45) is 1.20. The van der Waals surface area contributed by atoms with Gasteiger partial charge in [-0.3, -0.25) is 9.59 Å². The monoisotopic (exact) mass is 465 g/mol. The first-order valence-electron chi connectivity index (χ1n) is 10.1. The van der Waals surface area contributed by atoms with Crippen molar-refractivity contribution in [2.75, 3.05) is 43.1 Å². The highest BCUT2D eigenvalue weighted by Crippen LogP contribution is 2.28. The molecule has 4 rings (SSSR count). The van der Waals surface area contributed by atoms with Gasteiger partial charge in [0.1, 0.15) is 11.9 Å². The van der Waals surface area contributed by atoms with E-state index in [4.69, 9.17) is 27.9 Å². The first-order chi connectivity index (χ1) is 14.9. The molecule has 6 nitrogen and oxygen atoms in total. The molecule has 2 aromatic carbocycles. The lowest BCUT2D eigenvalue weighted by molar-refractivity contribution is -0.119. The van der Waals surface area contributed by atoms with Gasteiger partial charge in [0, 0.05) is 30.3 Å². The number of ether oxygens (including phenoxy) is 1. The molecule has 0 aromatic heterocycles. The highest BCUT2D eigenvalue weighted by atomic mass is 35.5. The van der Waals surface area contributed by atoms with E-state index in [0.29, 0.717) is 62.1 Å². The van der Waals surface area contributed by atoms with Crippen molar-refractivity contribution >= 4 is 46.4 Å². The molecule has 0 radical (unpaired) electrons. The number of carbonyl (C=O) groups excluding carboxylic acids is 2. The van der Waals surface area contributed by atoms with E-state index in [2.05, 4.69) is 5.32 Å². The summed E-state index contributed by atoms with van der Waals surface area (Å²) in [7, 11) is 0. The quantitative estimate of drug-likeness (QED) is 0.734. The number of rotatable bonds is 4. The summed E-state index contributed by atoms with van der Waals surface area (Å²) < 4.78 is 19.9. The van der Waals surface area contributed by atoms with Crippen molar-refractivity contribution < 1.29 is 18.7 Å². The molecule has 0 spiro atoms. The fraction of sp³-hybridized carbons (Fsp3) is 0.364. The predicted molar refractivity (Wildman–Crippen MR) is 119 cm³/mol. The zero-order valence-electron chi connectivity index (χ0n) is 16.7. The summed E-state index contributed by atoms with van der Waals surface area (Å²) in [5, 5.41) is 3.41. The van der Waals surface area contributed by atoms with Crippen molar-refractivity contribution in [2.45, 2.75) is 18.9 Å². The third-order valence-electron chi connectivity index (χ3n) is 5.54. The van der Waals surface area contributed by atoms with Crippen LogP contribution in [0.3, 0.4) is 0 Å². The van der Waals surface area contributed by atoms with Crippen LogP contribution in [0.5, 0.6) is 0 Å². The van der Waals surface area contributed by atoms with Gasteiger partial charge < -0.3 is 19.9 Å². The van der Waals surface area contributed by atoms with Crippen LogP contribution in [0.25, 0.3) is 0 Å². The van der Waals surface area contributed by atoms with E-state index in [9.17, 15) is 14.0 Å². The van der Waals surface area contributed by atoms with E-state index < -0.39 is 11.9 Å². The second kappa shape index (κ2) is 9.42. The van der Waals surface area contributed by atoms with E-state index >= 15 is 0 Å². The molecule has 2 aliphatic rings. The number of carbonyl (C=O) groups is 2. The van der Waals surface area contributed by atoms with Gasteiger partial charge >= 0.3 is 0 Å². The first-order valence-corrected chi connectivity index (χ1v) is 10.9. The van der Waals surface area contributed by atoms with Gasteiger partial charge in [0.25, 0.3) is 5.91 Å². The Labute approximate surface area is 189 Å². The molecule has 0 saturated carbocycles. The van der Waals surface area contributed by atoms with Crippen molar-refractivity contribution in [3.63, 3.8) is 0 Å². The molecular formula is C22H22Cl2FN3O3. The molecule has 2 saturated heterocycles. The molecule has 1 atom stereocenters. The second-order valence-corrected chi connectivity index (χ2v) is 8.38. The molecule has 2 aromatic rings. The molecule has 164 valence electrons. The maximum atomic E-state index is 14.6. The number of hydrogen-bond acceptors (Lipinski definition) is 4. The van der Waals surface area contributed by atoms with Crippen molar-refractivity contribution in [3.05, 3.63) is 57.8 Å². The van der Waals surface area contributed by atoms with E-state index in [1.807, 2.05) is 4.90 Å². The van der Waals surface area contributed by atoms with Gasteiger partial charge in [-0.2, -0.15) is 0 Å². The molecule has 2 fully saturated rings. The Balaban J connectivity index is 1.47. The zero-order valence-corrected chi connectivity index (χ0v) is 18.3. The highest BCUT2D eigenvalue weighted by molar-refractivity contribution is 6.35. The zero-order chi connectivity index (χ0) is 22.0. The average Bonchev–Trinajstić information content (AvgIpc) is 3.26. The van der Waals surface area contributed by atoms with E-state index in [-0.39, 0.29) is 22.4 Å². The first kappa shape index (κ1) is 21.9. The van der Waals surface area contributed by atoms with E-state index in [1.165, 1.54) is 17.0 Å². The molecule has 2 aliphatic heterocycles. The summed E-state index contributed by atoms with van der Waals surface area (Å²) in [5.74, 6) is -1.12. The van der Waals surface area contributed by atoms with Crippen molar-refractivity contribution in [1.29, 1.82) is 0 Å². The molecule has 0 bridgehead atoms. The van der Waals surface area contributed by atoms with Crippen molar-refractivity contribution in [2.24, 2.45) is 0 Å². The van der Waals surface area contributed by atoms with Crippen LogP contribution in [0.4, 0.5) is 15.8 Å². The normalized spacial score (nSPS) is 18.9. The molecule has 31 heavy (non-hydrogen) atoms. The molecule has 9 heteroatoms. The maximum absolute atomic E-state index is 14.6. The number of halogens is 3. The Morgan fingerprint density at radius 3 is 2.58 bits per heavy atom. The van der Waals surface area contributed by atoms with Crippen LogP contribution in [0.15, 0.2) is 36.4 Å². The fourth-order valence-electron chi connectivity index (χ4n) is 3.97. The SMILES string of the molecule is O=C(Nc1ccc(N2CCOCC2)c(F)c1)C1CCCN1C(=O)c1cc(Cl)ccc1Cl. The number of hydrogen-bond donors (Lipinski definition) is 1. The van der Waals surface area contributed by atoms with Crippen LogP contribution in [0, 0.1) is 5.82 Å². The number of nitrogens with one attached hydrogen (secondary N) is 1. The van der Waals surface area contributed by atoms with Gasteiger partial charge in [-0.05, 0) is 49.2 Å². The maximum Gasteiger partial charge on any atom is 0.256 e. The van der Waals surface area contributed by atoms with Gasteiger partial charge in [-0.1, -0.05) is 23.2 Å². The minimum absolute atomic E-state index is 0.259. The van der Waals surface area contributed by atoms with Gasteiger partial charge in [0.2, 0.25) is 5.91 Å². The fourth-order valence-corrected chi connectivity index (χ4v) is 4.34. The summed E-state index contributed by atoms with van der Waals surface area (Å²) in [6, 6.07) is 8.62. The third-order valence-corrected chi connectivity index (χ3v) is 6.11. The van der Waals surface area contributed by atoms with Crippen molar-refractivity contribution in [1.82, 2.24) is 4.90 Å². The summed E-state index contributed by atoms with van der Waals surface area (Å²) in [6.45, 7) is 2.78. The minimum Gasteiger partial charge on any atom is -0.378 e. The third kappa shape index (κ3) is 4.79. The van der Waals surface area contributed by atoms with Gasteiger partial charge in [0.15, 0.2) is 0 Å². The molecule has 2 heterocycles. The largest absolute Gasteiger partial charge is 0.378 e. The summed E-state index contributed by atoms with van der Waals surface area (Å²) in [5.41, 5.74) is 1.09. The number of morpholine rings is 1. The Morgan fingerprint density at radius 2 is 1.84 bits per heavy atom. The second-order valence-electron chi connectivity index (χ2n) is 7.54. The molecule has 1 unspecified atom stereocenters. The number of nitrogens with zero attached hydrogens (tertiary/aromatic N) is 2. The molecular weight excluding hydrogens is 444 g/mol. The van der Waals surface area contributed by atoms with Crippen LogP contribution >= 0.6 is 23.2 Å². The van der Waals surface area contributed by atoms with Crippen LogP contribution in [-0.4, -0.2) is 55.6 Å². The number of amides is 2. The Morgan fingerprint density at radius 1 is 1.06 bits per heavy atom. The molecule has 1 N–H and O–H groups in total. The Kier molecular flexibility index (Phi) is 6.65. The summed E-state index contributed by atoms with van der Waals surface area (Å²) in [4.78, 5) is 29.3. The Hall–Kier alpha value is -2.35. The minimum atomic E-state index is -0.662. The lowest BCUT2D eigenvalue weighted by Crippen LogP contribution is -2.43. The van der Waals surface area contributed by atoms with E-state index in [0.717, 1.165) is 0 Å². The van der Waals surface area contributed by atoms with E-state index in [1.54, 1.807) is 24.3 Å². The predicted octanol–water partition coefficient (Wildman–Crippen LogP) is 4.21. The Bertz CT molecular complexity index is 998. The average molecular weight is 466 g/mol.